The Morgan fingerprint density at radius 2 is 1.62 bits per heavy atom. The first-order valence-corrected chi connectivity index (χ1v) is 8.38. The van der Waals surface area contributed by atoms with Crippen LogP contribution in [0.3, 0.4) is 0 Å². The topological polar surface area (TPSA) is 83.6 Å². The van der Waals surface area contributed by atoms with E-state index in [0.717, 1.165) is 16.0 Å². The molecule has 0 radical (unpaired) electrons. The second-order valence-corrected chi connectivity index (χ2v) is 6.51. The molecule has 2 atom stereocenters. The number of ketones is 1. The van der Waals surface area contributed by atoms with Gasteiger partial charge in [0, 0.05) is 11.5 Å². The van der Waals surface area contributed by atoms with Crippen LogP contribution in [0.1, 0.15) is 21.5 Å². The van der Waals surface area contributed by atoms with Gasteiger partial charge in [0.25, 0.3) is 0 Å². The molecule has 2 aromatic carbocycles. The molecule has 130 valence electrons. The zero-order valence-corrected chi connectivity index (χ0v) is 13.8. The number of hydrogen-bond acceptors (Lipinski definition) is 4. The number of nitrogens with one attached hydrogen (secondary N) is 1. The predicted octanol–water partition coefficient (Wildman–Crippen LogP) is 1.94. The van der Waals surface area contributed by atoms with Crippen LogP contribution in [-0.4, -0.2) is 28.5 Å². The summed E-state index contributed by atoms with van der Waals surface area (Å²) in [7, 11) is 0. The molecule has 2 aliphatic rings. The minimum atomic E-state index is -1.18. The van der Waals surface area contributed by atoms with E-state index in [9.17, 15) is 19.2 Å². The average Bonchev–Trinajstić information content (AvgIpc) is 2.96. The van der Waals surface area contributed by atoms with Gasteiger partial charge in [0.05, 0.1) is 6.54 Å². The summed E-state index contributed by atoms with van der Waals surface area (Å²) in [6.45, 7) is 0.0587. The molecule has 6 nitrogen and oxygen atoms in total. The number of imide groups is 2. The lowest BCUT2D eigenvalue weighted by atomic mass is 9.85. The van der Waals surface area contributed by atoms with Gasteiger partial charge in [-0.2, -0.15) is 0 Å². The van der Waals surface area contributed by atoms with Crippen molar-refractivity contribution in [1.29, 1.82) is 0 Å². The van der Waals surface area contributed by atoms with Gasteiger partial charge in [-0.05, 0) is 17.5 Å². The lowest BCUT2D eigenvalue weighted by Crippen LogP contribution is -2.59. The molecule has 6 heteroatoms. The Morgan fingerprint density at radius 1 is 0.923 bits per heavy atom. The number of rotatable bonds is 3. The van der Waals surface area contributed by atoms with Gasteiger partial charge in [-0.1, -0.05) is 54.6 Å². The minimum Gasteiger partial charge on any atom is -0.294 e. The van der Waals surface area contributed by atoms with E-state index < -0.39 is 29.7 Å². The smallest absolute Gasteiger partial charge is 0.294 e. The fraction of sp³-hybridized carbons (Fsp3) is 0.200. The molecule has 0 aromatic heterocycles. The van der Waals surface area contributed by atoms with Crippen molar-refractivity contribution >= 4 is 23.6 Å². The molecule has 1 aliphatic heterocycles. The summed E-state index contributed by atoms with van der Waals surface area (Å²) in [6, 6.07) is 15.4. The van der Waals surface area contributed by atoms with Crippen LogP contribution >= 0.6 is 0 Å². The highest BCUT2D eigenvalue weighted by Gasteiger charge is 2.49. The number of fused-ring (bicyclic) bond motifs is 1. The summed E-state index contributed by atoms with van der Waals surface area (Å²) in [5.74, 6) is -3.49. The fourth-order valence-electron chi connectivity index (χ4n) is 3.64. The highest BCUT2D eigenvalue weighted by molar-refractivity contribution is 6.19. The van der Waals surface area contributed by atoms with E-state index in [1.165, 1.54) is 0 Å². The van der Waals surface area contributed by atoms with Crippen LogP contribution in [0.5, 0.6) is 0 Å². The Bertz CT molecular complexity index is 922. The third-order valence-corrected chi connectivity index (χ3v) is 4.94. The lowest BCUT2D eigenvalue weighted by Gasteiger charge is -2.32. The van der Waals surface area contributed by atoms with Gasteiger partial charge >= 0.3 is 6.03 Å². The number of nitrogens with zero attached hydrogens (tertiary/aromatic N) is 1. The third-order valence-electron chi connectivity index (χ3n) is 4.94. The van der Waals surface area contributed by atoms with Crippen molar-refractivity contribution in [3.8, 4) is 0 Å². The van der Waals surface area contributed by atoms with Crippen LogP contribution in [0.4, 0.5) is 4.79 Å². The molecule has 26 heavy (non-hydrogen) atoms. The summed E-state index contributed by atoms with van der Waals surface area (Å²) in [4.78, 5) is 51.2. The SMILES string of the molecule is O=C1c2ccccc2CC1C1C(=O)NC(=O)N(Cc2ccccc2)C1=O. The standard InChI is InChI=1S/C20H16N2O4/c23-17-14-9-5-4-8-13(14)10-15(17)16-18(24)21-20(26)22(19(16)25)11-12-6-2-1-3-7-12/h1-9,15-16H,10-11H2,(H,21,24,26). The molecular formula is C20H16N2O4. The maximum absolute atomic E-state index is 12.9. The number of carbonyl (C=O) groups is 4. The van der Waals surface area contributed by atoms with Crippen molar-refractivity contribution in [2.24, 2.45) is 11.8 Å². The largest absolute Gasteiger partial charge is 0.331 e. The molecule has 2 aromatic rings. The molecule has 1 aliphatic carbocycles. The van der Waals surface area contributed by atoms with Gasteiger partial charge in [0.15, 0.2) is 5.78 Å². The molecule has 1 heterocycles. The highest BCUT2D eigenvalue weighted by atomic mass is 16.2. The minimum absolute atomic E-state index is 0.0587. The predicted molar refractivity (Wildman–Crippen MR) is 92.0 cm³/mol. The van der Waals surface area contributed by atoms with Gasteiger partial charge < -0.3 is 0 Å². The number of urea groups is 1. The van der Waals surface area contributed by atoms with Crippen molar-refractivity contribution in [2.45, 2.75) is 13.0 Å². The molecule has 2 unspecified atom stereocenters. The molecule has 0 spiro atoms. The van der Waals surface area contributed by atoms with Crippen LogP contribution in [0.25, 0.3) is 0 Å². The van der Waals surface area contributed by atoms with E-state index in [2.05, 4.69) is 5.32 Å². The first-order chi connectivity index (χ1) is 12.6. The maximum atomic E-state index is 12.9. The van der Waals surface area contributed by atoms with E-state index >= 15 is 0 Å². The lowest BCUT2D eigenvalue weighted by molar-refractivity contribution is -0.144. The zero-order valence-electron chi connectivity index (χ0n) is 13.8. The van der Waals surface area contributed by atoms with E-state index in [0.29, 0.717) is 12.0 Å². The number of barbiturate groups is 1. The van der Waals surface area contributed by atoms with Gasteiger partial charge in [0.2, 0.25) is 11.8 Å². The van der Waals surface area contributed by atoms with E-state index in [1.807, 2.05) is 18.2 Å². The summed E-state index contributed by atoms with van der Waals surface area (Å²) in [5.41, 5.74) is 2.14. The Balaban J connectivity index is 1.62. The maximum Gasteiger partial charge on any atom is 0.331 e. The van der Waals surface area contributed by atoms with Crippen molar-refractivity contribution in [1.82, 2.24) is 10.2 Å². The molecule has 4 amide bonds. The van der Waals surface area contributed by atoms with E-state index in [1.54, 1.807) is 36.4 Å². The molecule has 0 saturated carbocycles. The fourth-order valence-corrected chi connectivity index (χ4v) is 3.64. The van der Waals surface area contributed by atoms with Crippen molar-refractivity contribution in [2.75, 3.05) is 0 Å². The number of amides is 4. The summed E-state index contributed by atoms with van der Waals surface area (Å²) in [6.07, 6.45) is 0.326. The number of hydrogen-bond donors (Lipinski definition) is 1. The van der Waals surface area contributed by atoms with Crippen molar-refractivity contribution in [3.63, 3.8) is 0 Å². The number of Topliss-reactive ketones (excluding diaryl/α,β-unsaturated/α-hetero) is 1. The van der Waals surface area contributed by atoms with Crippen molar-refractivity contribution in [3.05, 3.63) is 71.3 Å². The Kier molecular flexibility index (Phi) is 3.88. The van der Waals surface area contributed by atoms with Gasteiger partial charge in [0.1, 0.15) is 5.92 Å². The monoisotopic (exact) mass is 348 g/mol. The summed E-state index contributed by atoms with van der Waals surface area (Å²) < 4.78 is 0. The third kappa shape index (κ3) is 2.60. The van der Waals surface area contributed by atoms with Crippen LogP contribution in [0.2, 0.25) is 0 Å². The van der Waals surface area contributed by atoms with Crippen LogP contribution in [0, 0.1) is 11.8 Å². The Morgan fingerprint density at radius 3 is 2.35 bits per heavy atom. The summed E-state index contributed by atoms with van der Waals surface area (Å²) in [5, 5.41) is 2.23. The van der Waals surface area contributed by atoms with E-state index in [-0.39, 0.29) is 12.3 Å². The van der Waals surface area contributed by atoms with Crippen LogP contribution in [-0.2, 0) is 22.6 Å². The highest BCUT2D eigenvalue weighted by Crippen LogP contribution is 2.34. The molecule has 1 N–H and O–H groups in total. The molecule has 1 saturated heterocycles. The van der Waals surface area contributed by atoms with Gasteiger partial charge in [-0.25, -0.2) is 4.79 Å². The second-order valence-electron chi connectivity index (χ2n) is 6.51. The average molecular weight is 348 g/mol. The number of benzene rings is 2. The molecule has 4 rings (SSSR count). The van der Waals surface area contributed by atoms with Crippen molar-refractivity contribution < 1.29 is 19.2 Å². The molecule has 0 bridgehead atoms. The number of carbonyl (C=O) groups excluding carboxylic acids is 4. The van der Waals surface area contributed by atoms with Gasteiger partial charge in [-0.3, -0.25) is 24.6 Å². The Hall–Kier alpha value is -3.28. The van der Waals surface area contributed by atoms with Crippen LogP contribution < -0.4 is 5.32 Å². The zero-order chi connectivity index (χ0) is 18.3. The molecule has 1 fully saturated rings. The second kappa shape index (κ2) is 6.22. The van der Waals surface area contributed by atoms with Gasteiger partial charge in [-0.15, -0.1) is 0 Å². The summed E-state index contributed by atoms with van der Waals surface area (Å²) >= 11 is 0. The normalized spacial score (nSPS) is 22.4. The first kappa shape index (κ1) is 16.2. The quantitative estimate of drug-likeness (QED) is 0.859. The first-order valence-electron chi connectivity index (χ1n) is 8.38. The Labute approximate surface area is 149 Å². The molecular weight excluding hydrogens is 332 g/mol. The van der Waals surface area contributed by atoms with E-state index in [4.69, 9.17) is 0 Å². The van der Waals surface area contributed by atoms with Crippen LogP contribution in [0.15, 0.2) is 54.6 Å².